The Balaban J connectivity index is 1.87. The van der Waals surface area contributed by atoms with Crippen molar-refractivity contribution in [1.29, 1.82) is 0 Å². The maximum absolute atomic E-state index is 14.8. The number of Topliss-reactive ketones (excluding diaryl/α,β-unsaturated/α-hetero) is 1. The van der Waals surface area contributed by atoms with Crippen molar-refractivity contribution in [2.75, 3.05) is 11.5 Å². The molecular weight excluding hydrogens is 427 g/mol. The van der Waals surface area contributed by atoms with Gasteiger partial charge >= 0.3 is 5.97 Å². The Bertz CT molecular complexity index is 1150. The molecule has 0 unspecified atom stereocenters. The number of ether oxygens (including phenoxy) is 1. The largest absolute Gasteiger partial charge is 0.465 e. The number of fused-ring (bicyclic) bond motifs is 1. The van der Waals surface area contributed by atoms with Crippen LogP contribution in [-0.2, 0) is 19.1 Å². The van der Waals surface area contributed by atoms with Crippen molar-refractivity contribution < 1.29 is 28.3 Å². The Morgan fingerprint density at radius 1 is 1.09 bits per heavy atom. The lowest BCUT2D eigenvalue weighted by Gasteiger charge is -2.32. The van der Waals surface area contributed by atoms with Crippen molar-refractivity contribution in [3.8, 4) is 0 Å². The number of rotatable bonds is 6. The molecular formula is C25H25FN2O5. The van der Waals surface area contributed by atoms with Crippen LogP contribution < -0.4 is 10.2 Å². The summed E-state index contributed by atoms with van der Waals surface area (Å²) in [7, 11) is 0. The maximum atomic E-state index is 14.8. The molecule has 2 saturated heterocycles. The summed E-state index contributed by atoms with van der Waals surface area (Å²) in [4.78, 5) is 53.4. The summed E-state index contributed by atoms with van der Waals surface area (Å²) >= 11 is 0. The van der Waals surface area contributed by atoms with E-state index in [2.05, 4.69) is 5.32 Å². The quantitative estimate of drug-likeness (QED) is 0.411. The number of anilines is 1. The molecule has 2 aromatic carbocycles. The minimum absolute atomic E-state index is 0.0938. The molecule has 7 nitrogen and oxygen atoms in total. The molecule has 0 bridgehead atoms. The molecule has 2 amide bonds. The molecule has 2 fully saturated rings. The highest BCUT2D eigenvalue weighted by molar-refractivity contribution is 6.24. The first-order valence-electron chi connectivity index (χ1n) is 10.9. The van der Waals surface area contributed by atoms with Gasteiger partial charge in [0.2, 0.25) is 11.8 Å². The lowest BCUT2D eigenvalue weighted by Crippen LogP contribution is -2.56. The molecule has 2 aliphatic heterocycles. The van der Waals surface area contributed by atoms with E-state index in [1.165, 1.54) is 31.2 Å². The molecule has 0 spiro atoms. The molecule has 2 heterocycles. The predicted molar refractivity (Wildman–Crippen MR) is 118 cm³/mol. The monoisotopic (exact) mass is 452 g/mol. The van der Waals surface area contributed by atoms with E-state index < -0.39 is 47.0 Å². The maximum Gasteiger partial charge on any atom is 0.327 e. The number of hydrogen-bond acceptors (Lipinski definition) is 6. The molecule has 2 aromatic rings. The Labute approximate surface area is 190 Å². The Hall–Kier alpha value is -3.39. The molecule has 1 N–H and O–H groups in total. The van der Waals surface area contributed by atoms with Crippen molar-refractivity contribution >= 4 is 29.3 Å². The van der Waals surface area contributed by atoms with Crippen molar-refractivity contribution in [2.45, 2.75) is 38.8 Å². The van der Waals surface area contributed by atoms with Gasteiger partial charge in [-0.2, -0.15) is 0 Å². The summed E-state index contributed by atoms with van der Waals surface area (Å²) in [5.41, 5.74) is -0.699. The van der Waals surface area contributed by atoms with Crippen LogP contribution in [0.2, 0.25) is 0 Å². The van der Waals surface area contributed by atoms with Crippen molar-refractivity contribution in [1.82, 2.24) is 5.32 Å². The fourth-order valence-corrected chi connectivity index (χ4v) is 5.03. The Kier molecular flexibility index (Phi) is 5.88. The Morgan fingerprint density at radius 3 is 2.45 bits per heavy atom. The van der Waals surface area contributed by atoms with Crippen LogP contribution in [0.3, 0.4) is 0 Å². The van der Waals surface area contributed by atoms with Gasteiger partial charge in [-0.05, 0) is 38.5 Å². The normalized spacial score (nSPS) is 26.4. The van der Waals surface area contributed by atoms with Crippen LogP contribution in [0.1, 0.15) is 49.2 Å². The third-order valence-electron chi connectivity index (χ3n) is 6.60. The second kappa shape index (κ2) is 8.51. The zero-order chi connectivity index (χ0) is 23.9. The van der Waals surface area contributed by atoms with Crippen molar-refractivity contribution in [3.63, 3.8) is 0 Å². The number of hydrogen-bond donors (Lipinski definition) is 1. The molecule has 2 aliphatic rings. The van der Waals surface area contributed by atoms with Crippen LogP contribution in [-0.4, -0.2) is 35.7 Å². The van der Waals surface area contributed by atoms with Crippen LogP contribution in [0, 0.1) is 17.7 Å². The van der Waals surface area contributed by atoms with E-state index in [4.69, 9.17) is 4.74 Å². The highest BCUT2D eigenvalue weighted by Gasteiger charge is 2.68. The van der Waals surface area contributed by atoms with E-state index in [1.54, 1.807) is 38.1 Å². The van der Waals surface area contributed by atoms with E-state index in [-0.39, 0.29) is 30.1 Å². The summed E-state index contributed by atoms with van der Waals surface area (Å²) in [5, 5.41) is 3.12. The molecule has 172 valence electrons. The lowest BCUT2D eigenvalue weighted by atomic mass is 9.78. The number of carbonyl (C=O) groups is 4. The third-order valence-corrected chi connectivity index (χ3v) is 6.60. The van der Waals surface area contributed by atoms with Crippen molar-refractivity contribution in [3.05, 3.63) is 65.5 Å². The first-order valence-corrected chi connectivity index (χ1v) is 10.9. The number of nitrogens with zero attached hydrogens (tertiary/aromatic N) is 1. The third kappa shape index (κ3) is 3.45. The molecule has 4 rings (SSSR count). The van der Waals surface area contributed by atoms with E-state index in [0.717, 1.165) is 4.90 Å². The van der Waals surface area contributed by atoms with Gasteiger partial charge in [-0.1, -0.05) is 37.3 Å². The minimum Gasteiger partial charge on any atom is -0.465 e. The number of amides is 2. The van der Waals surface area contributed by atoms with E-state index in [1.807, 2.05) is 0 Å². The number of halogens is 1. The van der Waals surface area contributed by atoms with Gasteiger partial charge in [0.05, 0.1) is 24.1 Å². The summed E-state index contributed by atoms with van der Waals surface area (Å²) in [6, 6.07) is 11.3. The van der Waals surface area contributed by atoms with Gasteiger partial charge < -0.3 is 4.74 Å². The second-order valence-electron chi connectivity index (χ2n) is 8.31. The molecule has 0 aliphatic carbocycles. The van der Waals surface area contributed by atoms with E-state index in [0.29, 0.717) is 5.56 Å². The molecule has 8 heteroatoms. The fraction of sp³-hybridized carbons (Fsp3) is 0.360. The number of carbonyl (C=O) groups excluding carboxylic acids is 4. The number of esters is 1. The van der Waals surface area contributed by atoms with Crippen LogP contribution in [0.25, 0.3) is 0 Å². The number of imide groups is 1. The van der Waals surface area contributed by atoms with Gasteiger partial charge in [0.1, 0.15) is 11.4 Å². The fourth-order valence-electron chi connectivity index (χ4n) is 5.03. The van der Waals surface area contributed by atoms with Gasteiger partial charge in [-0.15, -0.1) is 0 Å². The topological polar surface area (TPSA) is 92.8 Å². The molecule has 0 radical (unpaired) electrons. The van der Waals surface area contributed by atoms with E-state index in [9.17, 15) is 23.6 Å². The zero-order valence-electron chi connectivity index (χ0n) is 18.6. The average Bonchev–Trinajstić information content (AvgIpc) is 3.28. The van der Waals surface area contributed by atoms with E-state index >= 15 is 0 Å². The Morgan fingerprint density at radius 2 is 1.82 bits per heavy atom. The van der Waals surface area contributed by atoms with Gasteiger partial charge in [-0.3, -0.25) is 24.5 Å². The number of benzene rings is 2. The van der Waals surface area contributed by atoms with Gasteiger partial charge in [-0.25, -0.2) is 9.29 Å². The number of nitrogens with one attached hydrogen (secondary N) is 1. The lowest BCUT2D eigenvalue weighted by molar-refractivity contribution is -0.154. The summed E-state index contributed by atoms with van der Waals surface area (Å²) in [5.74, 6) is -4.63. The first-order chi connectivity index (χ1) is 15.8. The summed E-state index contributed by atoms with van der Waals surface area (Å²) < 4.78 is 20.1. The SMILES string of the molecule is CCOC(=O)[C@]1(CC)N[C@H](c2ccccc2F)[C@@H]2C(=O)N(c3cccc(C(C)=O)c3)C(=O)[C@@H]21. The van der Waals surface area contributed by atoms with Crippen LogP contribution in [0.15, 0.2) is 48.5 Å². The summed E-state index contributed by atoms with van der Waals surface area (Å²) in [6.45, 7) is 4.86. The molecule has 4 atom stereocenters. The highest BCUT2D eigenvalue weighted by atomic mass is 19.1. The molecule has 0 aromatic heterocycles. The standard InChI is InChI=1S/C25H25FN2O5/c1-4-25(24(32)33-5-2)20-19(21(27-25)17-11-6-7-12-18(17)26)22(30)28(23(20)31)16-10-8-9-15(13-16)14(3)29/h6-13,19-21,27H,4-5H2,1-3H3/t19-,20-,21-,25-/m1/s1. The second-order valence-corrected chi connectivity index (χ2v) is 8.31. The summed E-state index contributed by atoms with van der Waals surface area (Å²) in [6.07, 6.45) is 0.165. The minimum atomic E-state index is -1.49. The van der Waals surface area contributed by atoms with Crippen LogP contribution in [0.4, 0.5) is 10.1 Å². The molecule has 33 heavy (non-hydrogen) atoms. The zero-order valence-corrected chi connectivity index (χ0v) is 18.6. The average molecular weight is 452 g/mol. The van der Waals surface area contributed by atoms with Crippen molar-refractivity contribution in [2.24, 2.45) is 11.8 Å². The van der Waals surface area contributed by atoms with Gasteiger partial charge in [0.25, 0.3) is 0 Å². The van der Waals surface area contributed by atoms with Gasteiger partial charge in [0, 0.05) is 17.2 Å². The van der Waals surface area contributed by atoms with Crippen LogP contribution in [0.5, 0.6) is 0 Å². The smallest absolute Gasteiger partial charge is 0.327 e. The number of ketones is 1. The van der Waals surface area contributed by atoms with Crippen LogP contribution >= 0.6 is 0 Å². The predicted octanol–water partition coefficient (Wildman–Crippen LogP) is 3.19. The first kappa shape index (κ1) is 22.8. The molecule has 0 saturated carbocycles. The van der Waals surface area contributed by atoms with Gasteiger partial charge in [0.15, 0.2) is 5.78 Å². The highest BCUT2D eigenvalue weighted by Crippen LogP contribution is 2.51.